The summed E-state index contributed by atoms with van der Waals surface area (Å²) in [6, 6.07) is 3.99. The Kier molecular flexibility index (Phi) is 2.66. The number of hydrogen-bond acceptors (Lipinski definition) is 4. The van der Waals surface area contributed by atoms with Gasteiger partial charge in [0.05, 0.1) is 5.56 Å². The Morgan fingerprint density at radius 2 is 2.21 bits per heavy atom. The molecule has 0 saturated heterocycles. The summed E-state index contributed by atoms with van der Waals surface area (Å²) in [5.74, 6) is -1.19. The Hall–Kier alpha value is -2.11. The molecule has 14 heavy (non-hydrogen) atoms. The molecule has 6 heteroatoms. The molecule has 1 rings (SSSR count). The maximum absolute atomic E-state index is 10.6. The van der Waals surface area contributed by atoms with Crippen molar-refractivity contribution in [3.05, 3.63) is 39.4 Å². The highest BCUT2D eigenvalue weighted by Gasteiger charge is 2.10. The van der Waals surface area contributed by atoms with E-state index in [1.807, 2.05) is 0 Å². The third kappa shape index (κ3) is 2.19. The predicted molar refractivity (Wildman–Crippen MR) is 48.5 cm³/mol. The second-order valence-corrected chi connectivity index (χ2v) is 2.72. The van der Waals surface area contributed by atoms with E-state index in [0.717, 1.165) is 0 Å². The van der Waals surface area contributed by atoms with E-state index in [2.05, 4.69) is 0 Å². The summed E-state index contributed by atoms with van der Waals surface area (Å²) in [4.78, 5) is 20.2. The van der Waals surface area contributed by atoms with Crippen LogP contribution in [0.4, 0.5) is 5.69 Å². The molecule has 0 aliphatic carbocycles. The van der Waals surface area contributed by atoms with Crippen molar-refractivity contribution in [2.45, 2.75) is 6.54 Å². The molecule has 6 nitrogen and oxygen atoms in total. The number of benzene rings is 1. The average Bonchev–Trinajstić information content (AvgIpc) is 2.07. The zero-order valence-electron chi connectivity index (χ0n) is 7.14. The number of rotatable bonds is 3. The van der Waals surface area contributed by atoms with Gasteiger partial charge in [-0.3, -0.25) is 10.1 Å². The molecule has 1 aromatic rings. The fourth-order valence-electron chi connectivity index (χ4n) is 1.04. The van der Waals surface area contributed by atoms with Crippen molar-refractivity contribution < 1.29 is 14.8 Å². The summed E-state index contributed by atoms with van der Waals surface area (Å²) in [7, 11) is 0. The van der Waals surface area contributed by atoms with Gasteiger partial charge in [-0.1, -0.05) is 6.07 Å². The van der Waals surface area contributed by atoms with Crippen LogP contribution in [0.1, 0.15) is 15.9 Å². The molecule has 0 bridgehead atoms. The molecule has 0 aromatic heterocycles. The number of carbonyl (C=O) groups is 1. The van der Waals surface area contributed by atoms with E-state index < -0.39 is 17.4 Å². The van der Waals surface area contributed by atoms with Gasteiger partial charge in [0.2, 0.25) is 6.54 Å². The Morgan fingerprint density at radius 3 is 2.71 bits per heavy atom. The van der Waals surface area contributed by atoms with Crippen LogP contribution in [0.15, 0.2) is 18.2 Å². The minimum absolute atomic E-state index is 0.101. The standard InChI is InChI=1S/C8H8N2O4/c9-7-2-1-5(4-10(13)14)3-6(7)8(11)12/h1-3H,4,9H2,(H,11,12). The van der Waals surface area contributed by atoms with Crippen LogP contribution in [0.2, 0.25) is 0 Å². The summed E-state index contributed by atoms with van der Waals surface area (Å²) in [5, 5.41) is 18.8. The second-order valence-electron chi connectivity index (χ2n) is 2.72. The molecule has 0 radical (unpaired) electrons. The van der Waals surface area contributed by atoms with Crippen molar-refractivity contribution in [1.29, 1.82) is 0 Å². The van der Waals surface area contributed by atoms with E-state index in [4.69, 9.17) is 10.8 Å². The summed E-state index contributed by atoms with van der Waals surface area (Å²) in [6.07, 6.45) is 0. The largest absolute Gasteiger partial charge is 0.478 e. The van der Waals surface area contributed by atoms with Gasteiger partial charge in [0.25, 0.3) is 0 Å². The van der Waals surface area contributed by atoms with Crippen LogP contribution in [-0.2, 0) is 6.54 Å². The Morgan fingerprint density at radius 1 is 1.57 bits per heavy atom. The van der Waals surface area contributed by atoms with Crippen LogP contribution in [0.3, 0.4) is 0 Å². The van der Waals surface area contributed by atoms with Gasteiger partial charge in [-0.05, 0) is 12.1 Å². The smallest absolute Gasteiger partial charge is 0.337 e. The number of carboxylic acids is 1. The number of nitrogens with zero attached hydrogens (tertiary/aromatic N) is 1. The van der Waals surface area contributed by atoms with Gasteiger partial charge in [0, 0.05) is 16.2 Å². The Labute approximate surface area is 79.1 Å². The van der Waals surface area contributed by atoms with Crippen LogP contribution in [0.25, 0.3) is 0 Å². The Bertz CT molecular complexity index is 389. The predicted octanol–water partition coefficient (Wildman–Crippen LogP) is 0.744. The van der Waals surface area contributed by atoms with Crippen LogP contribution < -0.4 is 5.73 Å². The van der Waals surface area contributed by atoms with E-state index in [1.165, 1.54) is 18.2 Å². The summed E-state index contributed by atoms with van der Waals surface area (Å²) >= 11 is 0. The zero-order valence-corrected chi connectivity index (χ0v) is 7.14. The lowest BCUT2D eigenvalue weighted by Crippen LogP contribution is -2.05. The van der Waals surface area contributed by atoms with E-state index in [0.29, 0.717) is 5.56 Å². The van der Waals surface area contributed by atoms with Crippen LogP contribution >= 0.6 is 0 Å². The van der Waals surface area contributed by atoms with Crippen LogP contribution in [0, 0.1) is 10.1 Å². The highest BCUT2D eigenvalue weighted by molar-refractivity contribution is 5.93. The zero-order chi connectivity index (χ0) is 10.7. The minimum Gasteiger partial charge on any atom is -0.478 e. The monoisotopic (exact) mass is 196 g/mol. The summed E-state index contributed by atoms with van der Waals surface area (Å²) in [5.41, 5.74) is 5.69. The lowest BCUT2D eigenvalue weighted by Gasteiger charge is -2.01. The number of anilines is 1. The molecule has 1 aromatic carbocycles. The van der Waals surface area contributed by atoms with Crippen molar-refractivity contribution in [1.82, 2.24) is 0 Å². The Balaban J connectivity index is 3.06. The number of carboxylic acid groups (broad SMARTS) is 1. The van der Waals surface area contributed by atoms with Gasteiger partial charge in [-0.25, -0.2) is 4.79 Å². The SMILES string of the molecule is Nc1ccc(C[N+](=O)[O-])cc1C(=O)O. The van der Waals surface area contributed by atoms with Gasteiger partial charge in [0.1, 0.15) is 0 Å². The van der Waals surface area contributed by atoms with Crippen LogP contribution in [-0.4, -0.2) is 16.0 Å². The lowest BCUT2D eigenvalue weighted by atomic mass is 10.1. The first-order valence-corrected chi connectivity index (χ1v) is 3.74. The van der Waals surface area contributed by atoms with Crippen molar-refractivity contribution in [2.75, 3.05) is 5.73 Å². The quantitative estimate of drug-likeness (QED) is 0.421. The fourth-order valence-corrected chi connectivity index (χ4v) is 1.04. The summed E-state index contributed by atoms with van der Waals surface area (Å²) in [6.45, 7) is -0.402. The first kappa shape index (κ1) is 9.97. The van der Waals surface area contributed by atoms with Gasteiger partial charge in [0.15, 0.2) is 0 Å². The molecule has 3 N–H and O–H groups in total. The lowest BCUT2D eigenvalue weighted by molar-refractivity contribution is -0.496. The number of nitrogen functional groups attached to an aromatic ring is 1. The fraction of sp³-hybridized carbons (Fsp3) is 0.125. The highest BCUT2D eigenvalue weighted by Crippen LogP contribution is 2.14. The average molecular weight is 196 g/mol. The molecule has 0 atom stereocenters. The molecular weight excluding hydrogens is 188 g/mol. The number of nitrogens with two attached hydrogens (primary N) is 1. The van der Waals surface area contributed by atoms with Gasteiger partial charge in [-0.15, -0.1) is 0 Å². The molecule has 0 aliphatic heterocycles. The third-order valence-corrected chi connectivity index (χ3v) is 1.66. The van der Waals surface area contributed by atoms with E-state index in [1.54, 1.807) is 0 Å². The molecule has 0 amide bonds. The van der Waals surface area contributed by atoms with Crippen molar-refractivity contribution in [3.8, 4) is 0 Å². The number of nitro groups is 1. The van der Waals surface area contributed by atoms with E-state index in [-0.39, 0.29) is 11.3 Å². The van der Waals surface area contributed by atoms with Gasteiger partial charge >= 0.3 is 5.97 Å². The highest BCUT2D eigenvalue weighted by atomic mass is 16.6. The molecule has 0 fully saturated rings. The normalized spacial score (nSPS) is 9.71. The van der Waals surface area contributed by atoms with Gasteiger partial charge in [-0.2, -0.15) is 0 Å². The topological polar surface area (TPSA) is 106 Å². The molecule has 0 unspecified atom stereocenters. The van der Waals surface area contributed by atoms with Crippen molar-refractivity contribution >= 4 is 11.7 Å². The second kappa shape index (κ2) is 3.73. The third-order valence-electron chi connectivity index (χ3n) is 1.66. The van der Waals surface area contributed by atoms with Crippen LogP contribution in [0.5, 0.6) is 0 Å². The van der Waals surface area contributed by atoms with E-state index >= 15 is 0 Å². The molecule has 0 heterocycles. The van der Waals surface area contributed by atoms with Gasteiger partial charge < -0.3 is 10.8 Å². The summed E-state index contributed by atoms with van der Waals surface area (Å²) < 4.78 is 0. The first-order valence-electron chi connectivity index (χ1n) is 3.74. The maximum Gasteiger partial charge on any atom is 0.337 e. The van der Waals surface area contributed by atoms with Crippen molar-refractivity contribution in [3.63, 3.8) is 0 Å². The number of aromatic carboxylic acids is 1. The molecule has 74 valence electrons. The maximum atomic E-state index is 10.6. The molecule has 0 saturated carbocycles. The molecule has 0 spiro atoms. The minimum atomic E-state index is -1.19. The molecular formula is C8H8N2O4. The molecule has 0 aliphatic rings. The van der Waals surface area contributed by atoms with E-state index in [9.17, 15) is 14.9 Å². The van der Waals surface area contributed by atoms with Crippen molar-refractivity contribution in [2.24, 2.45) is 0 Å². The number of hydrogen-bond donors (Lipinski definition) is 2. The first-order chi connectivity index (χ1) is 6.50.